The number of hydrogen-bond donors (Lipinski definition) is 1. The maximum absolute atomic E-state index is 13.4. The van der Waals surface area contributed by atoms with Gasteiger partial charge in [0, 0.05) is 9.90 Å². The molecular weight excluding hydrogens is 442 g/mol. The van der Waals surface area contributed by atoms with Crippen LogP contribution in [0.2, 0.25) is 5.02 Å². The Labute approximate surface area is 184 Å². The molecule has 0 fully saturated rings. The van der Waals surface area contributed by atoms with Gasteiger partial charge in [-0.15, -0.1) is 11.3 Å². The Morgan fingerprint density at radius 3 is 2.53 bits per heavy atom. The van der Waals surface area contributed by atoms with E-state index in [1.807, 2.05) is 24.4 Å². The van der Waals surface area contributed by atoms with Gasteiger partial charge in [-0.2, -0.15) is 5.10 Å². The van der Waals surface area contributed by atoms with Gasteiger partial charge in [0.1, 0.15) is 6.54 Å². The molecule has 9 heteroatoms. The van der Waals surface area contributed by atoms with Gasteiger partial charge in [-0.25, -0.2) is 13.8 Å². The summed E-state index contributed by atoms with van der Waals surface area (Å²) in [6.07, 6.45) is 1.51. The summed E-state index contributed by atoms with van der Waals surface area (Å²) in [7, 11) is -3.99. The number of nitrogens with one attached hydrogen (secondary N) is 1. The van der Waals surface area contributed by atoms with E-state index < -0.39 is 22.5 Å². The van der Waals surface area contributed by atoms with Gasteiger partial charge in [-0.05, 0) is 61.2 Å². The van der Waals surface area contributed by atoms with Crippen molar-refractivity contribution in [2.24, 2.45) is 5.10 Å². The first-order chi connectivity index (χ1) is 14.3. The Bertz CT molecular complexity index is 1160. The molecule has 0 bridgehead atoms. The number of aryl methyl sites for hydroxylation is 2. The molecule has 1 heterocycles. The molecule has 1 aromatic heterocycles. The van der Waals surface area contributed by atoms with Gasteiger partial charge in [0.05, 0.1) is 16.8 Å². The number of rotatable bonds is 7. The molecule has 0 radical (unpaired) electrons. The first kappa shape index (κ1) is 22.0. The number of amides is 1. The fraction of sp³-hybridized carbons (Fsp3) is 0.143. The first-order valence-corrected chi connectivity index (χ1v) is 11.7. The number of thiophene rings is 1. The molecule has 0 unspecified atom stereocenters. The number of carbonyl (C=O) groups is 1. The third-order valence-electron chi connectivity index (χ3n) is 4.25. The number of nitrogens with zero attached hydrogens (tertiary/aromatic N) is 2. The monoisotopic (exact) mass is 461 g/mol. The molecule has 1 N–H and O–H groups in total. The van der Waals surface area contributed by atoms with Crippen LogP contribution in [0.5, 0.6) is 0 Å². The van der Waals surface area contributed by atoms with Crippen LogP contribution in [0.15, 0.2) is 70.0 Å². The lowest BCUT2D eigenvalue weighted by Crippen LogP contribution is -2.40. The van der Waals surface area contributed by atoms with Gasteiger partial charge < -0.3 is 0 Å². The molecule has 3 aromatic rings. The maximum Gasteiger partial charge on any atom is 0.264 e. The predicted octanol–water partition coefficient (Wildman–Crippen LogP) is 4.36. The van der Waals surface area contributed by atoms with E-state index in [0.717, 1.165) is 14.7 Å². The topological polar surface area (TPSA) is 78.8 Å². The second-order valence-electron chi connectivity index (χ2n) is 6.56. The Hall–Kier alpha value is -2.68. The number of anilines is 1. The Kier molecular flexibility index (Phi) is 6.91. The van der Waals surface area contributed by atoms with Crippen LogP contribution in [0.3, 0.4) is 0 Å². The van der Waals surface area contributed by atoms with E-state index in [0.29, 0.717) is 16.3 Å². The molecule has 1 amide bonds. The zero-order chi connectivity index (χ0) is 21.7. The van der Waals surface area contributed by atoms with E-state index in [1.165, 1.54) is 29.7 Å². The molecule has 0 aliphatic carbocycles. The summed E-state index contributed by atoms with van der Waals surface area (Å²) in [5, 5.41) is 6.28. The number of halogens is 1. The van der Waals surface area contributed by atoms with Crippen LogP contribution in [-0.2, 0) is 14.8 Å². The molecule has 0 aliphatic rings. The molecule has 30 heavy (non-hydrogen) atoms. The van der Waals surface area contributed by atoms with Gasteiger partial charge in [-0.1, -0.05) is 35.4 Å². The van der Waals surface area contributed by atoms with Crippen LogP contribution < -0.4 is 9.73 Å². The third-order valence-corrected chi connectivity index (χ3v) is 7.06. The predicted molar refractivity (Wildman–Crippen MR) is 122 cm³/mol. The quantitative estimate of drug-likeness (QED) is 0.419. The van der Waals surface area contributed by atoms with Crippen molar-refractivity contribution in [1.29, 1.82) is 0 Å². The summed E-state index contributed by atoms with van der Waals surface area (Å²) in [4.78, 5) is 13.5. The molecule has 0 saturated heterocycles. The number of hydrogen-bond acceptors (Lipinski definition) is 5. The number of benzene rings is 2. The fourth-order valence-electron chi connectivity index (χ4n) is 2.73. The van der Waals surface area contributed by atoms with Crippen LogP contribution in [0.4, 0.5) is 5.69 Å². The second-order valence-corrected chi connectivity index (χ2v) is 9.84. The minimum atomic E-state index is -3.99. The lowest BCUT2D eigenvalue weighted by Gasteiger charge is -2.25. The van der Waals surface area contributed by atoms with Crippen molar-refractivity contribution in [3.05, 3.63) is 81.0 Å². The minimum Gasteiger partial charge on any atom is -0.271 e. The zero-order valence-corrected chi connectivity index (χ0v) is 18.8. The largest absolute Gasteiger partial charge is 0.271 e. The van der Waals surface area contributed by atoms with E-state index in [9.17, 15) is 13.2 Å². The van der Waals surface area contributed by atoms with Crippen molar-refractivity contribution in [2.75, 3.05) is 10.8 Å². The summed E-state index contributed by atoms with van der Waals surface area (Å²) in [5.74, 6) is -0.562. The van der Waals surface area contributed by atoms with Gasteiger partial charge in [0.2, 0.25) is 0 Å². The summed E-state index contributed by atoms with van der Waals surface area (Å²) in [6, 6.07) is 15.0. The molecule has 0 atom stereocenters. The standard InChI is InChI=1S/C21H20ClN3O3S2/c1-15-5-8-19(9-6-15)30(27,28)25(20-10-7-17(22)12-16(20)2)14-21(26)24-23-13-18-4-3-11-29-18/h3-13H,14H2,1-2H3,(H,24,26)/b23-13-. The highest BCUT2D eigenvalue weighted by molar-refractivity contribution is 7.92. The van der Waals surface area contributed by atoms with Crippen LogP contribution >= 0.6 is 22.9 Å². The molecule has 3 rings (SSSR count). The Morgan fingerprint density at radius 2 is 1.90 bits per heavy atom. The molecular formula is C21H20ClN3O3S2. The van der Waals surface area contributed by atoms with Crippen molar-refractivity contribution >= 4 is 50.8 Å². The average Bonchev–Trinajstić information content (AvgIpc) is 3.20. The van der Waals surface area contributed by atoms with Gasteiger partial charge >= 0.3 is 0 Å². The third kappa shape index (κ3) is 5.27. The van der Waals surface area contributed by atoms with Crippen LogP contribution in [0.25, 0.3) is 0 Å². The highest BCUT2D eigenvalue weighted by Crippen LogP contribution is 2.29. The number of hydrazone groups is 1. The highest BCUT2D eigenvalue weighted by Gasteiger charge is 2.28. The van der Waals surface area contributed by atoms with E-state index >= 15 is 0 Å². The summed E-state index contributed by atoms with van der Waals surface area (Å²) in [5.41, 5.74) is 4.33. The van der Waals surface area contributed by atoms with Crippen LogP contribution in [-0.4, -0.2) is 27.1 Å². The normalized spacial score (nSPS) is 11.6. The smallest absolute Gasteiger partial charge is 0.264 e. The molecule has 0 spiro atoms. The maximum atomic E-state index is 13.4. The lowest BCUT2D eigenvalue weighted by atomic mass is 10.2. The second kappa shape index (κ2) is 9.42. The van der Waals surface area contributed by atoms with E-state index in [2.05, 4.69) is 10.5 Å². The fourth-order valence-corrected chi connectivity index (χ4v) is 5.03. The van der Waals surface area contributed by atoms with E-state index in [1.54, 1.807) is 37.3 Å². The lowest BCUT2D eigenvalue weighted by molar-refractivity contribution is -0.119. The van der Waals surface area contributed by atoms with Gasteiger partial charge in [0.25, 0.3) is 15.9 Å². The van der Waals surface area contributed by atoms with Crippen molar-refractivity contribution in [1.82, 2.24) is 5.43 Å². The Morgan fingerprint density at radius 1 is 1.17 bits per heavy atom. The molecule has 6 nitrogen and oxygen atoms in total. The van der Waals surface area contributed by atoms with Crippen molar-refractivity contribution in [3.63, 3.8) is 0 Å². The first-order valence-electron chi connectivity index (χ1n) is 8.98. The highest BCUT2D eigenvalue weighted by atomic mass is 35.5. The van der Waals surface area contributed by atoms with Crippen molar-refractivity contribution in [2.45, 2.75) is 18.7 Å². The summed E-state index contributed by atoms with van der Waals surface area (Å²) in [6.45, 7) is 3.18. The van der Waals surface area contributed by atoms with Gasteiger partial charge in [-0.3, -0.25) is 9.10 Å². The average molecular weight is 462 g/mol. The summed E-state index contributed by atoms with van der Waals surface area (Å²) < 4.78 is 27.8. The zero-order valence-electron chi connectivity index (χ0n) is 16.4. The van der Waals surface area contributed by atoms with Crippen LogP contribution in [0, 0.1) is 13.8 Å². The SMILES string of the molecule is Cc1ccc(S(=O)(=O)N(CC(=O)N/N=C\c2cccs2)c2ccc(Cl)cc2C)cc1. The van der Waals surface area contributed by atoms with E-state index in [-0.39, 0.29) is 4.90 Å². The molecule has 156 valence electrons. The molecule has 0 saturated carbocycles. The van der Waals surface area contributed by atoms with E-state index in [4.69, 9.17) is 11.6 Å². The van der Waals surface area contributed by atoms with Crippen molar-refractivity contribution in [3.8, 4) is 0 Å². The molecule has 0 aliphatic heterocycles. The molecule has 2 aromatic carbocycles. The number of carbonyl (C=O) groups excluding carboxylic acids is 1. The van der Waals surface area contributed by atoms with Crippen molar-refractivity contribution < 1.29 is 13.2 Å². The van der Waals surface area contributed by atoms with Gasteiger partial charge in [0.15, 0.2) is 0 Å². The Balaban J connectivity index is 1.91. The van der Waals surface area contributed by atoms with Crippen LogP contribution in [0.1, 0.15) is 16.0 Å². The minimum absolute atomic E-state index is 0.0948. The summed E-state index contributed by atoms with van der Waals surface area (Å²) >= 11 is 7.50. The number of sulfonamides is 1.